The largest absolute Gasteiger partial charge is 1.00 e. The molecule has 0 aromatic heterocycles. The summed E-state index contributed by atoms with van der Waals surface area (Å²) >= 11 is 0. The van der Waals surface area contributed by atoms with E-state index in [0.717, 1.165) is 5.69 Å². The fourth-order valence-corrected chi connectivity index (χ4v) is 1.78. The second-order valence-corrected chi connectivity index (χ2v) is 7.21. The molecule has 21 heavy (non-hydrogen) atoms. The van der Waals surface area contributed by atoms with Crippen molar-refractivity contribution in [2.75, 3.05) is 35.2 Å². The monoisotopic (exact) mass is 406 g/mol. The van der Waals surface area contributed by atoms with Crippen LogP contribution in [0.2, 0.25) is 0 Å². The molecule has 0 atom stereocenters. The summed E-state index contributed by atoms with van der Waals surface area (Å²) in [5, 5.41) is 0. The van der Waals surface area contributed by atoms with Crippen LogP contribution in [0.3, 0.4) is 0 Å². The number of carbonyl (C=O) groups excluding carboxylic acids is 1. The van der Waals surface area contributed by atoms with Gasteiger partial charge in [-0.2, -0.15) is 0 Å². The molecule has 5 heteroatoms. The lowest BCUT2D eigenvalue weighted by molar-refractivity contribution is -0.0000101. The molecule has 0 saturated carbocycles. The minimum atomic E-state index is -0.358. The van der Waals surface area contributed by atoms with Gasteiger partial charge in [-0.25, -0.2) is 4.79 Å². The van der Waals surface area contributed by atoms with Gasteiger partial charge in [0.15, 0.2) is 11.4 Å². The highest BCUT2D eigenvalue weighted by Crippen LogP contribution is 2.35. The number of nitrogens with zero attached hydrogens (tertiary/aromatic N) is 2. The molecule has 1 aromatic carbocycles. The molecule has 4 nitrogen and oxygen atoms in total. The van der Waals surface area contributed by atoms with Gasteiger partial charge in [-0.3, -0.25) is 4.48 Å². The van der Waals surface area contributed by atoms with Gasteiger partial charge in [0, 0.05) is 20.2 Å². The highest BCUT2D eigenvalue weighted by atomic mass is 127. The van der Waals surface area contributed by atoms with E-state index in [0.29, 0.717) is 10.2 Å². The first-order valence-corrected chi connectivity index (χ1v) is 6.78. The average molecular weight is 406 g/mol. The number of ether oxygens (including phenoxy) is 1. The van der Waals surface area contributed by atoms with Crippen molar-refractivity contribution in [2.45, 2.75) is 26.2 Å². The molecule has 0 aliphatic carbocycles. The summed E-state index contributed by atoms with van der Waals surface area (Å²) in [5.74, 6) is 0.615. The van der Waals surface area contributed by atoms with E-state index in [2.05, 4.69) is 48.0 Å². The number of hydrogen-bond donors (Lipinski definition) is 0. The number of benzene rings is 1. The van der Waals surface area contributed by atoms with E-state index in [1.54, 1.807) is 14.1 Å². The van der Waals surface area contributed by atoms with Gasteiger partial charge in [0.1, 0.15) is 0 Å². The Bertz CT molecular complexity index is 500. The van der Waals surface area contributed by atoms with Gasteiger partial charge in [-0.15, -0.1) is 0 Å². The Morgan fingerprint density at radius 3 is 2.05 bits per heavy atom. The van der Waals surface area contributed by atoms with Crippen LogP contribution >= 0.6 is 0 Å². The summed E-state index contributed by atoms with van der Waals surface area (Å²) in [6, 6.07) is 6.04. The quantitative estimate of drug-likeness (QED) is 0.521. The molecule has 120 valence electrons. The summed E-state index contributed by atoms with van der Waals surface area (Å²) in [6.45, 7) is 6.52. The van der Waals surface area contributed by atoms with Crippen LogP contribution < -0.4 is 33.2 Å². The van der Waals surface area contributed by atoms with Crippen molar-refractivity contribution in [2.24, 2.45) is 0 Å². The van der Waals surface area contributed by atoms with Crippen LogP contribution in [0.25, 0.3) is 0 Å². The van der Waals surface area contributed by atoms with Crippen LogP contribution in [-0.2, 0) is 5.41 Å². The zero-order valence-corrected chi connectivity index (χ0v) is 16.5. The Morgan fingerprint density at radius 1 is 1.14 bits per heavy atom. The third-order valence-corrected chi connectivity index (χ3v) is 3.11. The van der Waals surface area contributed by atoms with Crippen molar-refractivity contribution in [3.05, 3.63) is 23.8 Å². The van der Waals surface area contributed by atoms with Crippen molar-refractivity contribution < 1.29 is 33.5 Å². The third kappa shape index (κ3) is 5.47. The van der Waals surface area contributed by atoms with Crippen LogP contribution in [0.15, 0.2) is 18.2 Å². The SMILES string of the molecule is CN(C)C(=O)Oc1ccc(C(C)(C)C)cc1[N+](C)(C)C.[I-]. The van der Waals surface area contributed by atoms with Gasteiger partial charge in [0.25, 0.3) is 0 Å². The molecule has 0 aliphatic heterocycles. The van der Waals surface area contributed by atoms with E-state index >= 15 is 0 Å². The molecule has 0 bridgehead atoms. The Hall–Kier alpha value is -0.820. The van der Waals surface area contributed by atoms with E-state index < -0.39 is 0 Å². The Labute approximate surface area is 145 Å². The molecule has 1 amide bonds. The molecular weight excluding hydrogens is 379 g/mol. The molecule has 0 saturated heterocycles. The maximum atomic E-state index is 11.8. The number of halogens is 1. The highest BCUT2D eigenvalue weighted by Gasteiger charge is 2.25. The minimum Gasteiger partial charge on any atom is -1.00 e. The van der Waals surface area contributed by atoms with E-state index in [9.17, 15) is 4.79 Å². The zero-order chi connectivity index (χ0) is 15.7. The maximum Gasteiger partial charge on any atom is 0.414 e. The predicted molar refractivity (Wildman–Crippen MR) is 84.4 cm³/mol. The van der Waals surface area contributed by atoms with Gasteiger partial charge < -0.3 is 33.6 Å². The fourth-order valence-electron chi connectivity index (χ4n) is 1.78. The number of amides is 1. The molecule has 1 rings (SSSR count). The van der Waals surface area contributed by atoms with Gasteiger partial charge >= 0.3 is 6.09 Å². The van der Waals surface area contributed by atoms with Gasteiger partial charge in [-0.1, -0.05) is 26.8 Å². The Kier molecular flexibility index (Phi) is 6.69. The Balaban J connectivity index is 0.00000400. The second kappa shape index (κ2) is 6.96. The number of quaternary nitrogens is 1. The van der Waals surface area contributed by atoms with E-state index in [1.165, 1.54) is 10.5 Å². The van der Waals surface area contributed by atoms with Crippen LogP contribution in [-0.4, -0.2) is 46.2 Å². The molecule has 1 aromatic rings. The first kappa shape index (κ1) is 20.2. The number of carbonyl (C=O) groups is 1. The molecule has 0 heterocycles. The number of hydrogen-bond acceptors (Lipinski definition) is 2. The van der Waals surface area contributed by atoms with Crippen molar-refractivity contribution in [3.8, 4) is 5.75 Å². The average Bonchev–Trinajstić information content (AvgIpc) is 2.26. The maximum absolute atomic E-state index is 11.8. The van der Waals surface area contributed by atoms with Gasteiger partial charge in [-0.05, 0) is 17.0 Å². The summed E-state index contributed by atoms with van der Waals surface area (Å²) in [7, 11) is 9.55. The first-order valence-electron chi connectivity index (χ1n) is 6.78. The second-order valence-electron chi connectivity index (χ2n) is 7.21. The number of rotatable bonds is 2. The normalized spacial score (nSPS) is 11.6. The lowest BCUT2D eigenvalue weighted by atomic mass is 9.86. The summed E-state index contributed by atoms with van der Waals surface area (Å²) in [4.78, 5) is 13.2. The summed E-state index contributed by atoms with van der Waals surface area (Å²) < 4.78 is 6.07. The van der Waals surface area contributed by atoms with E-state index in [1.807, 2.05) is 12.1 Å². The first-order chi connectivity index (χ1) is 8.93. The fraction of sp³-hybridized carbons (Fsp3) is 0.562. The predicted octanol–water partition coefficient (Wildman–Crippen LogP) is 0.245. The smallest absolute Gasteiger partial charge is 0.414 e. The summed E-state index contributed by atoms with van der Waals surface area (Å²) in [6.07, 6.45) is -0.358. The lowest BCUT2D eigenvalue weighted by Crippen LogP contribution is -3.00. The molecule has 0 unspecified atom stereocenters. The topological polar surface area (TPSA) is 29.5 Å². The van der Waals surface area contributed by atoms with E-state index in [-0.39, 0.29) is 35.5 Å². The summed E-state index contributed by atoms with van der Waals surface area (Å²) in [5.41, 5.74) is 2.28. The molecule has 0 aliphatic rings. The van der Waals surface area contributed by atoms with Crippen molar-refractivity contribution in [1.29, 1.82) is 0 Å². The van der Waals surface area contributed by atoms with Crippen LogP contribution in [0.5, 0.6) is 5.75 Å². The van der Waals surface area contributed by atoms with Gasteiger partial charge in [0.05, 0.1) is 21.1 Å². The van der Waals surface area contributed by atoms with E-state index in [4.69, 9.17) is 4.74 Å². The standard InChI is InChI=1S/C16H27N2O2.HI/c1-16(2,3)12-9-10-14(20-15(19)17(4)5)13(11-12)18(6,7)8;/h9-11H,1-8H3;1H/q+1;/p-1. The highest BCUT2D eigenvalue weighted by molar-refractivity contribution is 5.73. The molecule has 0 N–H and O–H groups in total. The molecular formula is C16H27IN2O2. The van der Waals surface area contributed by atoms with Crippen LogP contribution in [0, 0.1) is 0 Å². The van der Waals surface area contributed by atoms with Gasteiger partial charge in [0.2, 0.25) is 0 Å². The van der Waals surface area contributed by atoms with Crippen LogP contribution in [0.1, 0.15) is 26.3 Å². The zero-order valence-electron chi connectivity index (χ0n) is 14.3. The molecule has 0 fully saturated rings. The molecule has 0 radical (unpaired) electrons. The third-order valence-electron chi connectivity index (χ3n) is 3.11. The van der Waals surface area contributed by atoms with Crippen molar-refractivity contribution in [1.82, 2.24) is 9.38 Å². The minimum absolute atomic E-state index is 0. The van der Waals surface area contributed by atoms with Crippen molar-refractivity contribution in [3.63, 3.8) is 0 Å². The Morgan fingerprint density at radius 2 is 1.67 bits per heavy atom. The molecule has 0 spiro atoms. The lowest BCUT2D eigenvalue weighted by Gasteiger charge is -2.28. The van der Waals surface area contributed by atoms with Crippen molar-refractivity contribution >= 4 is 11.8 Å². The van der Waals surface area contributed by atoms with Crippen LogP contribution in [0.4, 0.5) is 10.5 Å².